The minimum atomic E-state index is -0.541. The second-order valence-corrected chi connectivity index (χ2v) is 14.9. The average molecular weight is 705 g/mol. The van der Waals surface area contributed by atoms with Gasteiger partial charge in [0, 0.05) is 27.8 Å². The van der Waals surface area contributed by atoms with Gasteiger partial charge in [-0.2, -0.15) is 0 Å². The molecule has 0 amide bonds. The summed E-state index contributed by atoms with van der Waals surface area (Å²) >= 11 is 0. The zero-order valence-corrected chi connectivity index (χ0v) is 30.3. The Balaban J connectivity index is 1.13. The summed E-state index contributed by atoms with van der Waals surface area (Å²) in [5.41, 5.74) is 12.6. The molecule has 0 radical (unpaired) electrons. The molecular formula is C52H36N2O. The number of nitrogens with one attached hydrogen (secondary N) is 1. The number of para-hydroxylation sites is 2. The first-order chi connectivity index (χ1) is 27.1. The largest absolute Gasteiger partial charge is 0.456 e. The molecule has 55 heavy (non-hydrogen) atoms. The van der Waals surface area contributed by atoms with Gasteiger partial charge in [0.2, 0.25) is 0 Å². The van der Waals surface area contributed by atoms with E-state index in [1.54, 1.807) is 0 Å². The summed E-state index contributed by atoms with van der Waals surface area (Å²) in [7, 11) is 0. The Labute approximate surface area is 320 Å². The molecule has 11 rings (SSSR count). The SMILES string of the molecule is CC1(c2ccccc2)C=C(c2ccc3ccccc3c2)N=C(c2ccccc2-c2cccc3c2Oc2ccccc2C32c3ccccc3-c3ccccc32)N1. The molecular weight excluding hydrogens is 669 g/mol. The molecule has 3 nitrogen and oxygen atoms in total. The van der Waals surface area contributed by atoms with Crippen molar-refractivity contribution in [2.24, 2.45) is 4.99 Å². The van der Waals surface area contributed by atoms with Crippen LogP contribution in [0.15, 0.2) is 199 Å². The molecule has 1 unspecified atom stereocenters. The second-order valence-electron chi connectivity index (χ2n) is 14.9. The topological polar surface area (TPSA) is 33.6 Å². The quantitative estimate of drug-likeness (QED) is 0.198. The number of ether oxygens (including phenoxy) is 1. The van der Waals surface area contributed by atoms with Gasteiger partial charge < -0.3 is 10.1 Å². The second kappa shape index (κ2) is 12.0. The summed E-state index contributed by atoms with van der Waals surface area (Å²) in [6.07, 6.45) is 2.27. The molecule has 0 saturated carbocycles. The van der Waals surface area contributed by atoms with Gasteiger partial charge >= 0.3 is 0 Å². The van der Waals surface area contributed by atoms with E-state index in [1.807, 2.05) is 0 Å². The average Bonchev–Trinajstić information content (AvgIpc) is 3.54. The third-order valence-electron chi connectivity index (χ3n) is 11.8. The smallest absolute Gasteiger partial charge is 0.140 e. The first kappa shape index (κ1) is 31.5. The highest BCUT2D eigenvalue weighted by atomic mass is 16.5. The predicted molar refractivity (Wildman–Crippen MR) is 225 cm³/mol. The van der Waals surface area contributed by atoms with E-state index >= 15 is 0 Å². The lowest BCUT2D eigenvalue weighted by Crippen LogP contribution is -2.44. The molecule has 2 heterocycles. The lowest BCUT2D eigenvalue weighted by atomic mass is 9.65. The van der Waals surface area contributed by atoms with Gasteiger partial charge in [0.25, 0.3) is 0 Å². The predicted octanol–water partition coefficient (Wildman–Crippen LogP) is 12.3. The Hall–Kier alpha value is -6.97. The fourth-order valence-corrected chi connectivity index (χ4v) is 9.31. The highest BCUT2D eigenvalue weighted by Gasteiger charge is 2.51. The number of benzene rings is 8. The van der Waals surface area contributed by atoms with Gasteiger partial charge in [0.1, 0.15) is 17.3 Å². The Bertz CT molecular complexity index is 2860. The Morgan fingerprint density at radius 3 is 1.82 bits per heavy atom. The van der Waals surface area contributed by atoms with Crippen molar-refractivity contribution in [1.29, 1.82) is 0 Å². The number of rotatable bonds is 4. The van der Waals surface area contributed by atoms with Crippen LogP contribution in [0.25, 0.3) is 38.7 Å². The molecule has 1 atom stereocenters. The maximum atomic E-state index is 7.09. The van der Waals surface area contributed by atoms with E-state index in [0.717, 1.165) is 62.0 Å². The van der Waals surface area contributed by atoms with Crippen molar-refractivity contribution < 1.29 is 4.74 Å². The molecule has 3 aliphatic rings. The van der Waals surface area contributed by atoms with Crippen molar-refractivity contribution in [1.82, 2.24) is 5.32 Å². The standard InChI is InChI=1S/C52H36N2O/c1-51(37-18-3-2-4-19-37)33-47(36-31-30-34-16-5-6-17-35(34)32-36)53-50(54-51)42-23-8-7-20-38(42)41-24-15-28-46-49(41)55-48-29-14-13-27-45(48)52(46)43-25-11-9-21-39(43)40-22-10-12-26-44(40)52/h2-33H,1H3,(H,53,54). The molecule has 1 N–H and O–H groups in total. The summed E-state index contributed by atoms with van der Waals surface area (Å²) in [6.45, 7) is 2.24. The Kier molecular flexibility index (Phi) is 6.90. The van der Waals surface area contributed by atoms with Crippen molar-refractivity contribution in [3.05, 3.63) is 233 Å². The molecule has 8 aromatic carbocycles. The van der Waals surface area contributed by atoms with Gasteiger partial charge in [-0.25, -0.2) is 4.99 Å². The van der Waals surface area contributed by atoms with Gasteiger partial charge in [-0.1, -0.05) is 176 Å². The third kappa shape index (κ3) is 4.66. The van der Waals surface area contributed by atoms with Crippen LogP contribution < -0.4 is 10.1 Å². The summed E-state index contributed by atoms with van der Waals surface area (Å²) in [4.78, 5) is 5.44. The van der Waals surface area contributed by atoms with E-state index in [1.165, 1.54) is 33.0 Å². The number of amidine groups is 1. The van der Waals surface area contributed by atoms with Crippen LogP contribution in [-0.4, -0.2) is 5.84 Å². The number of nitrogens with zero attached hydrogens (tertiary/aromatic N) is 1. The van der Waals surface area contributed by atoms with Gasteiger partial charge in [-0.3, -0.25) is 0 Å². The number of aliphatic imine (C=N–C) groups is 1. The normalized spacial score (nSPS) is 17.2. The van der Waals surface area contributed by atoms with Crippen LogP contribution in [0.3, 0.4) is 0 Å². The van der Waals surface area contributed by atoms with Crippen molar-refractivity contribution in [3.63, 3.8) is 0 Å². The molecule has 3 heteroatoms. The Morgan fingerprint density at radius 1 is 0.473 bits per heavy atom. The van der Waals surface area contributed by atoms with Crippen LogP contribution in [-0.2, 0) is 11.0 Å². The number of hydrogen-bond acceptors (Lipinski definition) is 3. The molecule has 2 aliphatic heterocycles. The summed E-state index contributed by atoms with van der Waals surface area (Å²) in [5.74, 6) is 2.55. The number of hydrogen-bond donors (Lipinski definition) is 1. The molecule has 1 aliphatic carbocycles. The van der Waals surface area contributed by atoms with Crippen molar-refractivity contribution in [2.75, 3.05) is 0 Å². The van der Waals surface area contributed by atoms with Gasteiger partial charge in [0.15, 0.2) is 0 Å². The van der Waals surface area contributed by atoms with E-state index in [0.29, 0.717) is 0 Å². The molecule has 8 aromatic rings. The van der Waals surface area contributed by atoms with Crippen LogP contribution >= 0.6 is 0 Å². The van der Waals surface area contributed by atoms with E-state index in [-0.39, 0.29) is 0 Å². The Morgan fingerprint density at radius 2 is 1.05 bits per heavy atom. The van der Waals surface area contributed by atoms with Gasteiger partial charge in [-0.15, -0.1) is 0 Å². The van der Waals surface area contributed by atoms with Crippen molar-refractivity contribution in [2.45, 2.75) is 17.9 Å². The highest BCUT2D eigenvalue weighted by molar-refractivity contribution is 6.09. The lowest BCUT2D eigenvalue weighted by Gasteiger charge is -2.40. The maximum Gasteiger partial charge on any atom is 0.140 e. The summed E-state index contributed by atoms with van der Waals surface area (Å²) in [5, 5.41) is 6.31. The van der Waals surface area contributed by atoms with Crippen LogP contribution in [0.2, 0.25) is 0 Å². The zero-order chi connectivity index (χ0) is 36.6. The molecule has 0 fully saturated rings. The fraction of sp³-hybridized carbons (Fsp3) is 0.0577. The molecule has 1 spiro atoms. The monoisotopic (exact) mass is 704 g/mol. The van der Waals surface area contributed by atoms with Gasteiger partial charge in [-0.05, 0) is 69.3 Å². The zero-order valence-electron chi connectivity index (χ0n) is 30.3. The van der Waals surface area contributed by atoms with Crippen molar-refractivity contribution in [3.8, 4) is 33.8 Å². The molecule has 0 aromatic heterocycles. The lowest BCUT2D eigenvalue weighted by molar-refractivity contribution is 0.438. The van der Waals surface area contributed by atoms with Crippen LogP contribution in [0.1, 0.15) is 45.9 Å². The third-order valence-corrected chi connectivity index (χ3v) is 11.8. The fourth-order valence-electron chi connectivity index (χ4n) is 9.31. The van der Waals surface area contributed by atoms with Crippen LogP contribution in [0.4, 0.5) is 0 Å². The van der Waals surface area contributed by atoms with Crippen LogP contribution in [0, 0.1) is 0 Å². The van der Waals surface area contributed by atoms with Crippen molar-refractivity contribution >= 4 is 22.3 Å². The molecule has 0 bridgehead atoms. The highest BCUT2D eigenvalue weighted by Crippen LogP contribution is 2.63. The number of fused-ring (bicyclic) bond motifs is 10. The summed E-state index contributed by atoms with van der Waals surface area (Å²) < 4.78 is 7.09. The molecule has 0 saturated heterocycles. The first-order valence-corrected chi connectivity index (χ1v) is 19.0. The van der Waals surface area contributed by atoms with E-state index in [2.05, 4.69) is 206 Å². The van der Waals surface area contributed by atoms with Gasteiger partial charge in [0.05, 0.1) is 16.7 Å². The minimum absolute atomic E-state index is 0.528. The van der Waals surface area contributed by atoms with E-state index < -0.39 is 11.0 Å². The molecule has 260 valence electrons. The van der Waals surface area contributed by atoms with E-state index in [9.17, 15) is 0 Å². The van der Waals surface area contributed by atoms with E-state index in [4.69, 9.17) is 9.73 Å². The summed E-state index contributed by atoms with van der Waals surface area (Å²) in [6, 6.07) is 67.4. The first-order valence-electron chi connectivity index (χ1n) is 19.0. The minimum Gasteiger partial charge on any atom is -0.456 e. The maximum absolute atomic E-state index is 7.09. The van der Waals surface area contributed by atoms with Crippen LogP contribution in [0.5, 0.6) is 11.5 Å².